The Morgan fingerprint density at radius 2 is 1.90 bits per heavy atom. The van der Waals surface area contributed by atoms with E-state index < -0.39 is 0 Å². The number of hydrogen-bond acceptors (Lipinski definition) is 4. The highest BCUT2D eigenvalue weighted by Crippen LogP contribution is 2.32. The summed E-state index contributed by atoms with van der Waals surface area (Å²) in [7, 11) is 0. The monoisotopic (exact) mass is 431 g/mol. The lowest BCUT2D eigenvalue weighted by Gasteiger charge is -2.36. The molecular weight excluding hydrogens is 406 g/mol. The van der Waals surface area contributed by atoms with Crippen LogP contribution >= 0.6 is 11.6 Å². The maximum atomic E-state index is 6.49. The molecule has 2 atom stereocenters. The summed E-state index contributed by atoms with van der Waals surface area (Å²) in [4.78, 5) is 15.1. The first-order valence-electron chi connectivity index (χ1n) is 10.8. The molecule has 6 heteroatoms. The molecule has 1 saturated heterocycles. The van der Waals surface area contributed by atoms with Crippen LogP contribution in [0, 0.1) is 5.92 Å². The lowest BCUT2D eigenvalue weighted by molar-refractivity contribution is 0.165. The quantitative estimate of drug-likeness (QED) is 0.431. The second-order valence-electron chi connectivity index (χ2n) is 8.50. The fourth-order valence-electron chi connectivity index (χ4n) is 4.61. The predicted octanol–water partition coefficient (Wildman–Crippen LogP) is 5.60. The topological polar surface area (TPSA) is 56.8 Å². The van der Waals surface area contributed by atoms with E-state index in [-0.39, 0.29) is 0 Å². The van der Waals surface area contributed by atoms with E-state index in [4.69, 9.17) is 16.6 Å². The number of H-pyrrole nitrogens is 1. The van der Waals surface area contributed by atoms with Crippen molar-refractivity contribution in [1.29, 1.82) is 0 Å². The van der Waals surface area contributed by atoms with E-state index in [0.717, 1.165) is 48.2 Å². The summed E-state index contributed by atoms with van der Waals surface area (Å²) in [6.07, 6.45) is 4.76. The van der Waals surface area contributed by atoms with Crippen molar-refractivity contribution in [3.63, 3.8) is 0 Å². The van der Waals surface area contributed by atoms with Crippen molar-refractivity contribution >= 4 is 28.5 Å². The third-order valence-electron chi connectivity index (χ3n) is 5.91. The third-order valence-corrected chi connectivity index (χ3v) is 6.18. The first-order chi connectivity index (χ1) is 15.2. The van der Waals surface area contributed by atoms with Crippen LogP contribution in [0.5, 0.6) is 0 Å². The van der Waals surface area contributed by atoms with Gasteiger partial charge in [-0.3, -0.25) is 4.90 Å². The van der Waals surface area contributed by atoms with Gasteiger partial charge in [-0.25, -0.2) is 9.97 Å². The first-order valence-corrected chi connectivity index (χ1v) is 11.2. The predicted molar refractivity (Wildman–Crippen MR) is 127 cm³/mol. The lowest BCUT2D eigenvalue weighted by Crippen LogP contribution is -2.45. The lowest BCUT2D eigenvalue weighted by atomic mass is 9.95. The maximum absolute atomic E-state index is 6.49. The molecule has 1 aliphatic heterocycles. The molecule has 0 saturated carbocycles. The number of halogens is 1. The number of likely N-dealkylation sites (tertiary alicyclic amines) is 1. The zero-order valence-electron chi connectivity index (χ0n) is 17.6. The SMILES string of the molecule is CC1CC(Nc2ncc(Cl)c(-c3c[nH]c4ccccc34)n2)CN(Cc2ccccc2)C1. The Hall–Kier alpha value is -2.89. The molecule has 31 heavy (non-hydrogen) atoms. The van der Waals surface area contributed by atoms with Crippen LogP contribution in [0.15, 0.2) is 67.0 Å². The van der Waals surface area contributed by atoms with Crippen LogP contribution in [-0.4, -0.2) is 39.0 Å². The fraction of sp³-hybridized carbons (Fsp3) is 0.280. The number of aromatic amines is 1. The molecule has 5 nitrogen and oxygen atoms in total. The smallest absolute Gasteiger partial charge is 0.223 e. The number of fused-ring (bicyclic) bond motifs is 1. The number of hydrogen-bond donors (Lipinski definition) is 2. The van der Waals surface area contributed by atoms with Crippen LogP contribution in [0.1, 0.15) is 18.9 Å². The highest BCUT2D eigenvalue weighted by molar-refractivity contribution is 6.33. The van der Waals surface area contributed by atoms with E-state index in [2.05, 4.69) is 69.6 Å². The van der Waals surface area contributed by atoms with E-state index in [0.29, 0.717) is 22.9 Å². The van der Waals surface area contributed by atoms with Gasteiger partial charge in [0.25, 0.3) is 0 Å². The molecule has 2 unspecified atom stereocenters. The Bertz CT molecular complexity index is 1170. The van der Waals surface area contributed by atoms with Crippen LogP contribution in [0.3, 0.4) is 0 Å². The van der Waals surface area contributed by atoms with Gasteiger partial charge >= 0.3 is 0 Å². The summed E-state index contributed by atoms with van der Waals surface area (Å²) in [6.45, 7) is 5.35. The number of rotatable bonds is 5. The molecule has 3 heterocycles. The van der Waals surface area contributed by atoms with Crippen molar-refractivity contribution < 1.29 is 0 Å². The molecule has 2 aromatic heterocycles. The average molecular weight is 432 g/mol. The summed E-state index contributed by atoms with van der Waals surface area (Å²) in [5.41, 5.74) is 4.16. The van der Waals surface area contributed by atoms with E-state index in [1.807, 2.05) is 18.3 Å². The van der Waals surface area contributed by atoms with Crippen molar-refractivity contribution in [1.82, 2.24) is 19.9 Å². The van der Waals surface area contributed by atoms with Crippen molar-refractivity contribution in [3.8, 4) is 11.3 Å². The van der Waals surface area contributed by atoms with Crippen molar-refractivity contribution in [2.24, 2.45) is 5.92 Å². The third kappa shape index (κ3) is 4.43. The Kier molecular flexibility index (Phi) is 5.62. The summed E-state index contributed by atoms with van der Waals surface area (Å²) in [6, 6.07) is 19.1. The van der Waals surface area contributed by atoms with Gasteiger partial charge in [-0.2, -0.15) is 0 Å². The summed E-state index contributed by atoms with van der Waals surface area (Å²) in [5, 5.41) is 5.23. The summed E-state index contributed by atoms with van der Waals surface area (Å²) < 4.78 is 0. The van der Waals surface area contributed by atoms with Crippen molar-refractivity contribution in [2.45, 2.75) is 25.9 Å². The average Bonchev–Trinajstić information content (AvgIpc) is 3.19. The Balaban J connectivity index is 1.35. The van der Waals surface area contributed by atoms with Crippen LogP contribution in [0.4, 0.5) is 5.95 Å². The van der Waals surface area contributed by atoms with Gasteiger partial charge in [0.2, 0.25) is 5.95 Å². The Morgan fingerprint density at radius 1 is 1.10 bits per heavy atom. The summed E-state index contributed by atoms with van der Waals surface area (Å²) in [5.74, 6) is 1.23. The molecule has 0 radical (unpaired) electrons. The van der Waals surface area contributed by atoms with E-state index in [9.17, 15) is 0 Å². The molecule has 5 rings (SSSR count). The Morgan fingerprint density at radius 3 is 2.77 bits per heavy atom. The summed E-state index contributed by atoms with van der Waals surface area (Å²) >= 11 is 6.49. The Labute approximate surface area is 187 Å². The molecule has 2 N–H and O–H groups in total. The molecule has 2 aromatic carbocycles. The minimum atomic E-state index is 0.296. The fourth-order valence-corrected chi connectivity index (χ4v) is 4.81. The van der Waals surface area contributed by atoms with Gasteiger partial charge in [0.05, 0.1) is 16.9 Å². The van der Waals surface area contributed by atoms with E-state index in [1.54, 1.807) is 6.20 Å². The number of aromatic nitrogens is 3. The molecule has 0 aliphatic carbocycles. The van der Waals surface area contributed by atoms with Gasteiger partial charge in [0.15, 0.2) is 0 Å². The van der Waals surface area contributed by atoms with E-state index in [1.165, 1.54) is 5.56 Å². The normalized spacial score (nSPS) is 19.5. The highest BCUT2D eigenvalue weighted by atomic mass is 35.5. The number of nitrogens with one attached hydrogen (secondary N) is 2. The van der Waals surface area contributed by atoms with Gasteiger partial charge in [-0.05, 0) is 24.0 Å². The van der Waals surface area contributed by atoms with Crippen LogP contribution in [0.2, 0.25) is 5.02 Å². The second kappa shape index (κ2) is 8.69. The molecule has 158 valence electrons. The van der Waals surface area contributed by atoms with Crippen LogP contribution in [0.25, 0.3) is 22.2 Å². The molecule has 1 fully saturated rings. The van der Waals surface area contributed by atoms with Crippen LogP contribution < -0.4 is 5.32 Å². The second-order valence-corrected chi connectivity index (χ2v) is 8.91. The van der Waals surface area contributed by atoms with Gasteiger partial charge < -0.3 is 10.3 Å². The number of benzene rings is 2. The van der Waals surface area contributed by atoms with Gasteiger partial charge in [0, 0.05) is 48.3 Å². The number of piperidine rings is 1. The molecule has 0 spiro atoms. The largest absolute Gasteiger partial charge is 0.360 e. The molecule has 0 bridgehead atoms. The van der Waals surface area contributed by atoms with Crippen molar-refractivity contribution in [2.75, 3.05) is 18.4 Å². The maximum Gasteiger partial charge on any atom is 0.223 e. The standard InChI is InChI=1S/C25H26ClN5/c1-17-11-19(16-31(14-17)15-18-7-3-2-4-8-18)29-25-28-13-22(26)24(30-25)21-12-27-23-10-6-5-9-20(21)23/h2-10,12-13,17,19,27H,11,14-16H2,1H3,(H,28,29,30). The minimum absolute atomic E-state index is 0.296. The minimum Gasteiger partial charge on any atom is -0.360 e. The molecule has 1 aliphatic rings. The van der Waals surface area contributed by atoms with Gasteiger partial charge in [-0.15, -0.1) is 0 Å². The van der Waals surface area contributed by atoms with Gasteiger partial charge in [-0.1, -0.05) is 67.1 Å². The number of para-hydroxylation sites is 1. The molecule has 4 aromatic rings. The number of anilines is 1. The number of nitrogens with zero attached hydrogens (tertiary/aromatic N) is 3. The van der Waals surface area contributed by atoms with Gasteiger partial charge in [0.1, 0.15) is 0 Å². The zero-order valence-corrected chi connectivity index (χ0v) is 18.3. The first kappa shape index (κ1) is 20.0. The molecular formula is C25H26ClN5. The highest BCUT2D eigenvalue weighted by Gasteiger charge is 2.25. The van der Waals surface area contributed by atoms with Crippen LogP contribution in [-0.2, 0) is 6.54 Å². The van der Waals surface area contributed by atoms with Crippen molar-refractivity contribution in [3.05, 3.63) is 77.6 Å². The molecule has 0 amide bonds. The zero-order chi connectivity index (χ0) is 21.2. The van der Waals surface area contributed by atoms with E-state index >= 15 is 0 Å².